The summed E-state index contributed by atoms with van der Waals surface area (Å²) in [6.07, 6.45) is 0. The second kappa shape index (κ2) is 6.90. The quantitative estimate of drug-likeness (QED) is 0.880. The first-order valence-corrected chi connectivity index (χ1v) is 7.06. The molecule has 20 heavy (non-hydrogen) atoms. The van der Waals surface area contributed by atoms with Crippen molar-refractivity contribution in [3.8, 4) is 11.8 Å². The van der Waals surface area contributed by atoms with Gasteiger partial charge in [0.1, 0.15) is 6.61 Å². The fourth-order valence-corrected chi connectivity index (χ4v) is 2.65. The monoisotopic (exact) mass is 285 g/mol. The zero-order valence-corrected chi connectivity index (χ0v) is 12.0. The van der Waals surface area contributed by atoms with E-state index in [9.17, 15) is 4.79 Å². The van der Waals surface area contributed by atoms with Crippen molar-refractivity contribution in [2.75, 3.05) is 13.7 Å². The normalized spacial score (nSPS) is 9.70. The van der Waals surface area contributed by atoms with E-state index in [1.807, 2.05) is 41.8 Å². The molecular weight excluding hydrogens is 270 g/mol. The van der Waals surface area contributed by atoms with Crippen molar-refractivity contribution in [2.45, 2.75) is 6.54 Å². The minimum atomic E-state index is -0.141. The van der Waals surface area contributed by atoms with Gasteiger partial charge in [-0.1, -0.05) is 30.0 Å². The van der Waals surface area contributed by atoms with Crippen LogP contribution in [0.1, 0.15) is 20.8 Å². The maximum absolute atomic E-state index is 12.2. The number of nitrogens with zero attached hydrogens (tertiary/aromatic N) is 1. The number of carbonyl (C=O) groups excluding carboxylic acids is 1. The van der Waals surface area contributed by atoms with Crippen LogP contribution in [0.3, 0.4) is 0 Å². The van der Waals surface area contributed by atoms with Gasteiger partial charge in [-0.2, -0.15) is 0 Å². The summed E-state index contributed by atoms with van der Waals surface area (Å²) in [5, 5.41) is 10.6. The molecule has 4 heteroatoms. The van der Waals surface area contributed by atoms with Gasteiger partial charge in [0.2, 0.25) is 0 Å². The second-order valence-electron chi connectivity index (χ2n) is 4.29. The highest BCUT2D eigenvalue weighted by Crippen LogP contribution is 2.16. The SMILES string of the molecule is CN(Cc1cc(C#CCO)cs1)C(=O)c1ccccc1. The van der Waals surface area contributed by atoms with Gasteiger partial charge in [-0.3, -0.25) is 4.79 Å². The molecule has 1 aromatic heterocycles. The summed E-state index contributed by atoms with van der Waals surface area (Å²) >= 11 is 1.56. The van der Waals surface area contributed by atoms with Crippen molar-refractivity contribution >= 4 is 17.2 Å². The van der Waals surface area contributed by atoms with Crippen molar-refractivity contribution in [1.29, 1.82) is 0 Å². The Balaban J connectivity index is 2.02. The summed E-state index contributed by atoms with van der Waals surface area (Å²) in [7, 11) is 1.79. The lowest BCUT2D eigenvalue weighted by Crippen LogP contribution is -2.25. The van der Waals surface area contributed by atoms with E-state index >= 15 is 0 Å². The zero-order valence-electron chi connectivity index (χ0n) is 11.2. The van der Waals surface area contributed by atoms with Gasteiger partial charge in [0.25, 0.3) is 5.91 Å². The largest absolute Gasteiger partial charge is 0.384 e. The second-order valence-corrected chi connectivity index (χ2v) is 5.28. The minimum Gasteiger partial charge on any atom is -0.384 e. The van der Waals surface area contributed by atoms with Crippen molar-refractivity contribution in [3.63, 3.8) is 0 Å². The first-order chi connectivity index (χ1) is 9.70. The highest BCUT2D eigenvalue weighted by atomic mass is 32.1. The van der Waals surface area contributed by atoms with Gasteiger partial charge in [-0.05, 0) is 18.2 Å². The van der Waals surface area contributed by atoms with E-state index in [2.05, 4.69) is 11.8 Å². The molecule has 102 valence electrons. The molecule has 0 aliphatic carbocycles. The van der Waals surface area contributed by atoms with Gasteiger partial charge in [0.05, 0.1) is 6.54 Å². The smallest absolute Gasteiger partial charge is 0.253 e. The topological polar surface area (TPSA) is 40.5 Å². The number of carbonyl (C=O) groups is 1. The van der Waals surface area contributed by atoms with E-state index in [0.717, 1.165) is 10.4 Å². The number of rotatable bonds is 3. The Kier molecular flexibility index (Phi) is 4.94. The van der Waals surface area contributed by atoms with Gasteiger partial charge < -0.3 is 10.0 Å². The standard InChI is InChI=1S/C16H15NO2S/c1-17(16(19)14-7-3-2-4-8-14)11-15-10-13(12-20-15)6-5-9-18/h2-4,7-8,10,12,18H,9,11H2,1H3. The van der Waals surface area contributed by atoms with Crippen molar-refractivity contribution in [2.24, 2.45) is 0 Å². The summed E-state index contributed by atoms with van der Waals surface area (Å²) < 4.78 is 0. The first kappa shape index (κ1) is 14.3. The number of aliphatic hydroxyl groups is 1. The van der Waals surface area contributed by atoms with Gasteiger partial charge in [-0.25, -0.2) is 0 Å². The molecule has 3 nitrogen and oxygen atoms in total. The Hall–Kier alpha value is -2.09. The van der Waals surface area contributed by atoms with E-state index in [1.165, 1.54) is 0 Å². The fourth-order valence-electron chi connectivity index (χ4n) is 1.78. The average molecular weight is 285 g/mol. The van der Waals surface area contributed by atoms with Crippen LogP contribution in [-0.4, -0.2) is 29.6 Å². The summed E-state index contributed by atoms with van der Waals surface area (Å²) in [6, 6.07) is 11.2. The predicted molar refractivity (Wildman–Crippen MR) is 80.5 cm³/mol. The van der Waals surface area contributed by atoms with Crippen LogP contribution in [0.4, 0.5) is 0 Å². The summed E-state index contributed by atoms with van der Waals surface area (Å²) in [5.41, 5.74) is 1.56. The number of thiophene rings is 1. The van der Waals surface area contributed by atoms with Crippen molar-refractivity contribution in [3.05, 3.63) is 57.8 Å². The van der Waals surface area contributed by atoms with Crippen LogP contribution in [0.2, 0.25) is 0 Å². The molecule has 0 spiro atoms. The molecule has 0 atom stereocenters. The van der Waals surface area contributed by atoms with Crippen LogP contribution >= 0.6 is 11.3 Å². The lowest BCUT2D eigenvalue weighted by molar-refractivity contribution is 0.0786. The molecule has 0 radical (unpaired) electrons. The molecule has 0 aliphatic heterocycles. The molecule has 2 aromatic rings. The van der Waals surface area contributed by atoms with Crippen LogP contribution < -0.4 is 0 Å². The molecule has 1 heterocycles. The summed E-state index contributed by atoms with van der Waals surface area (Å²) in [6.45, 7) is 0.413. The van der Waals surface area contributed by atoms with Gasteiger partial charge in [0.15, 0.2) is 0 Å². The number of hydrogen-bond donors (Lipinski definition) is 1. The van der Waals surface area contributed by atoms with E-state index in [4.69, 9.17) is 5.11 Å². The molecule has 1 N–H and O–H groups in total. The predicted octanol–water partition coefficient (Wildman–Crippen LogP) is 2.36. The average Bonchev–Trinajstić information content (AvgIpc) is 2.92. The number of hydrogen-bond acceptors (Lipinski definition) is 3. The number of aliphatic hydroxyl groups excluding tert-OH is 1. The lowest BCUT2D eigenvalue weighted by Gasteiger charge is -2.16. The van der Waals surface area contributed by atoms with Crippen molar-refractivity contribution in [1.82, 2.24) is 4.90 Å². The molecular formula is C16H15NO2S. The Morgan fingerprint density at radius 3 is 2.80 bits per heavy atom. The van der Waals surface area contributed by atoms with Gasteiger partial charge >= 0.3 is 0 Å². The molecule has 2 rings (SSSR count). The van der Waals surface area contributed by atoms with Crippen LogP contribution in [0.5, 0.6) is 0 Å². The highest BCUT2D eigenvalue weighted by Gasteiger charge is 2.12. The Bertz CT molecular complexity index is 637. The van der Waals surface area contributed by atoms with Crippen LogP contribution in [0, 0.1) is 11.8 Å². The van der Waals surface area contributed by atoms with E-state index in [-0.39, 0.29) is 12.5 Å². The van der Waals surface area contributed by atoms with Crippen LogP contribution in [-0.2, 0) is 6.54 Å². The molecule has 0 bridgehead atoms. The first-order valence-electron chi connectivity index (χ1n) is 6.18. The zero-order chi connectivity index (χ0) is 14.4. The Morgan fingerprint density at radius 1 is 1.35 bits per heavy atom. The Morgan fingerprint density at radius 2 is 2.10 bits per heavy atom. The summed E-state index contributed by atoms with van der Waals surface area (Å²) in [4.78, 5) is 15.0. The third-order valence-electron chi connectivity index (χ3n) is 2.73. The molecule has 0 unspecified atom stereocenters. The lowest BCUT2D eigenvalue weighted by atomic mass is 10.2. The maximum atomic E-state index is 12.2. The molecule has 0 saturated carbocycles. The minimum absolute atomic E-state index is 0.00184. The van der Waals surface area contributed by atoms with Gasteiger partial charge in [-0.15, -0.1) is 11.3 Å². The molecule has 1 amide bonds. The highest BCUT2D eigenvalue weighted by molar-refractivity contribution is 7.10. The third kappa shape index (κ3) is 3.70. The third-order valence-corrected chi connectivity index (χ3v) is 3.65. The Labute approximate surface area is 122 Å². The van der Waals surface area contributed by atoms with E-state index < -0.39 is 0 Å². The van der Waals surface area contributed by atoms with E-state index in [1.54, 1.807) is 23.3 Å². The molecule has 0 aliphatic rings. The number of amides is 1. The van der Waals surface area contributed by atoms with Crippen LogP contribution in [0.15, 0.2) is 41.8 Å². The molecule has 0 saturated heterocycles. The molecule has 1 aromatic carbocycles. The van der Waals surface area contributed by atoms with Crippen LogP contribution in [0.25, 0.3) is 0 Å². The summed E-state index contributed by atoms with van der Waals surface area (Å²) in [5.74, 6) is 5.47. The maximum Gasteiger partial charge on any atom is 0.253 e. The van der Waals surface area contributed by atoms with E-state index in [0.29, 0.717) is 12.1 Å². The number of benzene rings is 1. The van der Waals surface area contributed by atoms with Gasteiger partial charge in [0, 0.05) is 28.4 Å². The van der Waals surface area contributed by atoms with Crippen molar-refractivity contribution < 1.29 is 9.90 Å². The molecule has 0 fully saturated rings. The fraction of sp³-hybridized carbons (Fsp3) is 0.188.